The molecule has 7 heteroatoms. The van der Waals surface area contributed by atoms with E-state index in [1.807, 2.05) is 32.1 Å². The Morgan fingerprint density at radius 1 is 1.22 bits per heavy atom. The summed E-state index contributed by atoms with van der Waals surface area (Å²) in [4.78, 5) is 0. The van der Waals surface area contributed by atoms with E-state index < -0.39 is 7.60 Å². The molecule has 23 heavy (non-hydrogen) atoms. The number of dihydropyridines is 1. The highest BCUT2D eigenvalue weighted by Crippen LogP contribution is 2.64. The Bertz CT molecular complexity index is 735. The molecule has 2 aliphatic rings. The highest BCUT2D eigenvalue weighted by atomic mass is 35.5. The molecule has 0 amide bonds. The van der Waals surface area contributed by atoms with Gasteiger partial charge in [-0.05, 0) is 31.9 Å². The number of nitrogens with one attached hydrogen (secondary N) is 1. The molecule has 0 radical (unpaired) electrons. The Hall–Kier alpha value is -0.770. The van der Waals surface area contributed by atoms with Gasteiger partial charge in [0.15, 0.2) is 0 Å². The summed E-state index contributed by atoms with van der Waals surface area (Å²) in [6, 6.07) is 5.45. The van der Waals surface area contributed by atoms with Crippen molar-refractivity contribution in [3.8, 4) is 0 Å². The quantitative estimate of drug-likeness (QED) is 0.700. The van der Waals surface area contributed by atoms with Gasteiger partial charge in [-0.3, -0.25) is 4.57 Å². The maximum absolute atomic E-state index is 13.2. The maximum Gasteiger partial charge on any atom is 0.360 e. The molecule has 4 nitrogen and oxygen atoms in total. The van der Waals surface area contributed by atoms with E-state index in [4.69, 9.17) is 32.2 Å². The Morgan fingerprint density at radius 2 is 1.91 bits per heavy atom. The predicted molar refractivity (Wildman–Crippen MR) is 92.9 cm³/mol. The van der Waals surface area contributed by atoms with Gasteiger partial charge in [-0.25, -0.2) is 0 Å². The minimum absolute atomic E-state index is 0.300. The topological polar surface area (TPSA) is 47.6 Å². The van der Waals surface area contributed by atoms with Crippen LogP contribution in [-0.4, -0.2) is 13.2 Å². The lowest BCUT2D eigenvalue weighted by Gasteiger charge is -2.33. The van der Waals surface area contributed by atoms with E-state index in [0.717, 1.165) is 23.4 Å². The lowest BCUT2D eigenvalue weighted by molar-refractivity contribution is 0.150. The Morgan fingerprint density at radius 3 is 2.61 bits per heavy atom. The first-order valence-corrected chi connectivity index (χ1v) is 9.72. The number of hydrogen-bond donors (Lipinski definition) is 1. The zero-order valence-electron chi connectivity index (χ0n) is 12.9. The van der Waals surface area contributed by atoms with Gasteiger partial charge in [0.25, 0.3) is 0 Å². The maximum atomic E-state index is 13.2. The number of halogens is 2. The second-order valence-corrected chi connectivity index (χ2v) is 8.40. The summed E-state index contributed by atoms with van der Waals surface area (Å²) in [5.41, 5.74) is 2.52. The van der Waals surface area contributed by atoms with E-state index in [9.17, 15) is 4.57 Å². The molecule has 1 unspecified atom stereocenters. The van der Waals surface area contributed by atoms with Crippen LogP contribution >= 0.6 is 30.8 Å². The van der Waals surface area contributed by atoms with Gasteiger partial charge in [-0.15, -0.1) is 0 Å². The van der Waals surface area contributed by atoms with Gasteiger partial charge in [-0.1, -0.05) is 41.4 Å². The minimum Gasteiger partial charge on any atom is -0.362 e. The van der Waals surface area contributed by atoms with Crippen molar-refractivity contribution in [1.29, 1.82) is 0 Å². The fraction of sp³-hybridized carbons (Fsp3) is 0.375. The average molecular weight is 374 g/mol. The SMILES string of the molecule is CC1=CC(c2cccc(Cl)c2Cl)C(P2(=O)OCCCO2)=C(C)N1. The van der Waals surface area contributed by atoms with Gasteiger partial charge >= 0.3 is 7.60 Å². The summed E-state index contributed by atoms with van der Waals surface area (Å²) >= 11 is 12.6. The van der Waals surface area contributed by atoms with Crippen molar-refractivity contribution in [3.05, 3.63) is 56.6 Å². The van der Waals surface area contributed by atoms with Crippen LogP contribution in [0.3, 0.4) is 0 Å². The van der Waals surface area contributed by atoms with Crippen LogP contribution in [0.25, 0.3) is 0 Å². The van der Waals surface area contributed by atoms with Crippen molar-refractivity contribution in [2.45, 2.75) is 26.2 Å². The van der Waals surface area contributed by atoms with Crippen molar-refractivity contribution in [2.24, 2.45) is 0 Å². The summed E-state index contributed by atoms with van der Waals surface area (Å²) in [7, 11) is -3.36. The smallest absolute Gasteiger partial charge is 0.360 e. The van der Waals surface area contributed by atoms with Crippen molar-refractivity contribution < 1.29 is 13.6 Å². The van der Waals surface area contributed by atoms with E-state index in [0.29, 0.717) is 28.6 Å². The molecule has 1 atom stereocenters. The molecule has 2 aliphatic heterocycles. The first-order valence-electron chi connectivity index (χ1n) is 7.42. The van der Waals surface area contributed by atoms with Crippen molar-refractivity contribution in [1.82, 2.24) is 5.32 Å². The van der Waals surface area contributed by atoms with Gasteiger partial charge < -0.3 is 14.4 Å². The van der Waals surface area contributed by atoms with E-state index >= 15 is 0 Å². The van der Waals surface area contributed by atoms with Crippen molar-refractivity contribution in [3.63, 3.8) is 0 Å². The molecule has 3 rings (SSSR count). The van der Waals surface area contributed by atoms with Gasteiger partial charge in [0.05, 0.1) is 28.6 Å². The molecular formula is C16H18Cl2NO3P. The van der Waals surface area contributed by atoms with Crippen LogP contribution in [0.1, 0.15) is 31.7 Å². The minimum atomic E-state index is -3.36. The van der Waals surface area contributed by atoms with Crippen LogP contribution in [-0.2, 0) is 13.6 Å². The number of hydrogen-bond acceptors (Lipinski definition) is 4. The highest BCUT2D eigenvalue weighted by Gasteiger charge is 2.41. The van der Waals surface area contributed by atoms with Gasteiger partial charge in [0.1, 0.15) is 0 Å². The van der Waals surface area contributed by atoms with Crippen LogP contribution in [0.5, 0.6) is 0 Å². The molecule has 1 N–H and O–H groups in total. The molecule has 0 bridgehead atoms. The second kappa shape index (κ2) is 6.62. The third-order valence-corrected chi connectivity index (χ3v) is 6.99. The van der Waals surface area contributed by atoms with Crippen LogP contribution in [0.4, 0.5) is 0 Å². The summed E-state index contributed by atoms with van der Waals surface area (Å²) in [6.45, 7) is 4.67. The monoisotopic (exact) mass is 373 g/mol. The molecule has 124 valence electrons. The molecule has 1 aromatic rings. The molecule has 0 aliphatic carbocycles. The van der Waals surface area contributed by atoms with Crippen molar-refractivity contribution >= 4 is 30.8 Å². The Balaban J connectivity index is 2.13. The molecular weight excluding hydrogens is 356 g/mol. The fourth-order valence-electron chi connectivity index (χ4n) is 2.94. The van der Waals surface area contributed by atoms with E-state index in [1.54, 1.807) is 6.07 Å². The molecule has 0 spiro atoms. The van der Waals surface area contributed by atoms with Crippen LogP contribution in [0.15, 0.2) is 41.0 Å². The highest BCUT2D eigenvalue weighted by molar-refractivity contribution is 7.58. The van der Waals surface area contributed by atoms with Gasteiger partial charge in [0, 0.05) is 17.3 Å². The normalized spacial score (nSPS) is 24.2. The lowest BCUT2D eigenvalue weighted by Crippen LogP contribution is -2.23. The Labute approximate surface area is 146 Å². The molecule has 0 aromatic heterocycles. The van der Waals surface area contributed by atoms with Crippen molar-refractivity contribution in [2.75, 3.05) is 13.2 Å². The van der Waals surface area contributed by atoms with Crippen LogP contribution < -0.4 is 5.32 Å². The zero-order chi connectivity index (χ0) is 16.6. The van der Waals surface area contributed by atoms with Gasteiger partial charge in [-0.2, -0.15) is 0 Å². The molecule has 1 fully saturated rings. The summed E-state index contributed by atoms with van der Waals surface area (Å²) in [5.74, 6) is -0.300. The number of allylic oxidation sites excluding steroid dienone is 4. The molecule has 0 saturated carbocycles. The molecule has 1 aromatic carbocycles. The third kappa shape index (κ3) is 3.24. The lowest BCUT2D eigenvalue weighted by atomic mass is 9.94. The molecule has 1 saturated heterocycles. The van der Waals surface area contributed by atoms with E-state index in [1.165, 1.54) is 0 Å². The molecule has 2 heterocycles. The van der Waals surface area contributed by atoms with E-state index in [-0.39, 0.29) is 5.92 Å². The summed E-state index contributed by atoms with van der Waals surface area (Å²) < 4.78 is 24.4. The number of benzene rings is 1. The first-order chi connectivity index (χ1) is 10.9. The standard InChI is InChI=1S/C16H18Cl2NO3P/c1-10-9-13(12-5-3-6-14(17)15(12)18)16(11(2)19-10)23(20)21-7-4-8-22-23/h3,5-6,9,13,19H,4,7-8H2,1-2H3. The third-order valence-electron chi connectivity index (χ3n) is 3.90. The van der Waals surface area contributed by atoms with Crippen LogP contribution in [0, 0.1) is 0 Å². The zero-order valence-corrected chi connectivity index (χ0v) is 15.3. The largest absolute Gasteiger partial charge is 0.362 e. The fourth-order valence-corrected chi connectivity index (χ4v) is 5.48. The van der Waals surface area contributed by atoms with Crippen LogP contribution in [0.2, 0.25) is 10.0 Å². The Kier molecular flexibility index (Phi) is 4.91. The summed E-state index contributed by atoms with van der Waals surface area (Å²) in [6.07, 6.45) is 2.71. The average Bonchev–Trinajstić information content (AvgIpc) is 2.49. The summed E-state index contributed by atoms with van der Waals surface area (Å²) in [5, 5.41) is 4.75. The first kappa shape index (κ1) is 17.1. The van der Waals surface area contributed by atoms with E-state index in [2.05, 4.69) is 5.32 Å². The van der Waals surface area contributed by atoms with Gasteiger partial charge in [0.2, 0.25) is 0 Å². The number of rotatable bonds is 2. The predicted octanol–water partition coefficient (Wildman–Crippen LogP) is 5.45. The second-order valence-electron chi connectivity index (χ2n) is 5.62.